The summed E-state index contributed by atoms with van der Waals surface area (Å²) in [4.78, 5) is 0. The van der Waals surface area contributed by atoms with Gasteiger partial charge in [0.1, 0.15) is 11.8 Å². The molecule has 84 valence electrons. The summed E-state index contributed by atoms with van der Waals surface area (Å²) in [6.45, 7) is 1.73. The summed E-state index contributed by atoms with van der Waals surface area (Å²) in [6, 6.07) is 5.55. The average molecular weight is 216 g/mol. The predicted molar refractivity (Wildman–Crippen MR) is 61.6 cm³/mol. The lowest BCUT2D eigenvalue weighted by Gasteiger charge is -2.17. The third-order valence-electron chi connectivity index (χ3n) is 2.88. The fourth-order valence-electron chi connectivity index (χ4n) is 1.97. The zero-order valence-corrected chi connectivity index (χ0v) is 9.28. The van der Waals surface area contributed by atoms with Crippen molar-refractivity contribution in [1.82, 2.24) is 5.32 Å². The summed E-state index contributed by atoms with van der Waals surface area (Å²) in [5.41, 5.74) is 0. The van der Waals surface area contributed by atoms with E-state index in [1.165, 1.54) is 19.3 Å². The number of nitriles is 1. The Kier molecular flexibility index (Phi) is 3.79. The topological polar surface area (TPSA) is 49.0 Å². The molecule has 2 rings (SSSR count). The summed E-state index contributed by atoms with van der Waals surface area (Å²) < 4.78 is 5.28. The van der Waals surface area contributed by atoms with Crippen LogP contribution < -0.4 is 5.32 Å². The molecule has 1 aliphatic carbocycles. The van der Waals surface area contributed by atoms with Crippen molar-refractivity contribution in [3.8, 4) is 6.07 Å². The van der Waals surface area contributed by atoms with Gasteiger partial charge in [-0.2, -0.15) is 5.26 Å². The first-order valence-corrected chi connectivity index (χ1v) is 5.73. The molecule has 16 heavy (non-hydrogen) atoms. The van der Waals surface area contributed by atoms with Crippen LogP contribution in [-0.2, 0) is 6.54 Å². The first kappa shape index (κ1) is 11.0. The minimum absolute atomic E-state index is 0.386. The largest absolute Gasteiger partial charge is 0.449 e. The summed E-state index contributed by atoms with van der Waals surface area (Å²) in [6.07, 6.45) is 8.16. The minimum Gasteiger partial charge on any atom is -0.449 e. The molecule has 1 aliphatic rings. The second kappa shape index (κ2) is 5.53. The Labute approximate surface area is 95.8 Å². The molecule has 0 saturated heterocycles. The van der Waals surface area contributed by atoms with Gasteiger partial charge in [-0.3, -0.25) is 0 Å². The van der Waals surface area contributed by atoms with Crippen LogP contribution in [0.4, 0.5) is 0 Å². The maximum Gasteiger partial charge on any atom is 0.203 e. The molecule has 0 saturated carbocycles. The van der Waals surface area contributed by atoms with Gasteiger partial charge in [0.15, 0.2) is 0 Å². The first-order valence-electron chi connectivity index (χ1n) is 5.73. The average Bonchev–Trinajstić information content (AvgIpc) is 2.78. The van der Waals surface area contributed by atoms with Crippen molar-refractivity contribution in [2.45, 2.75) is 25.8 Å². The molecule has 0 spiro atoms. The second-order valence-electron chi connectivity index (χ2n) is 4.16. The van der Waals surface area contributed by atoms with Gasteiger partial charge < -0.3 is 9.73 Å². The molecule has 3 nitrogen and oxygen atoms in total. The third-order valence-corrected chi connectivity index (χ3v) is 2.88. The van der Waals surface area contributed by atoms with E-state index in [1.54, 1.807) is 6.07 Å². The molecule has 1 aromatic heterocycles. The van der Waals surface area contributed by atoms with E-state index < -0.39 is 0 Å². The van der Waals surface area contributed by atoms with E-state index in [0.29, 0.717) is 12.3 Å². The SMILES string of the molecule is N#Cc1ccc(CNCC2CC=CCC2)o1. The standard InChI is InChI=1S/C13H16N2O/c14-8-12-6-7-13(16-12)10-15-9-11-4-2-1-3-5-11/h1-2,6-7,11,15H,3-5,9-10H2. The van der Waals surface area contributed by atoms with Crippen LogP contribution in [0.25, 0.3) is 0 Å². The Bertz CT molecular complexity index is 400. The Hall–Kier alpha value is -1.53. The van der Waals surface area contributed by atoms with Gasteiger partial charge in [0.25, 0.3) is 0 Å². The number of allylic oxidation sites excluding steroid dienone is 2. The van der Waals surface area contributed by atoms with E-state index in [4.69, 9.17) is 9.68 Å². The lowest BCUT2D eigenvalue weighted by atomic mass is 9.94. The first-order chi connectivity index (χ1) is 7.88. The Balaban J connectivity index is 1.71. The summed E-state index contributed by atoms with van der Waals surface area (Å²) >= 11 is 0. The summed E-state index contributed by atoms with van der Waals surface area (Å²) in [5.74, 6) is 1.97. The smallest absolute Gasteiger partial charge is 0.203 e. The van der Waals surface area contributed by atoms with Crippen LogP contribution in [0.3, 0.4) is 0 Å². The van der Waals surface area contributed by atoms with Crippen LogP contribution in [0.1, 0.15) is 30.8 Å². The van der Waals surface area contributed by atoms with Gasteiger partial charge >= 0.3 is 0 Å². The van der Waals surface area contributed by atoms with Crippen LogP contribution in [0, 0.1) is 17.2 Å². The molecular formula is C13H16N2O. The third kappa shape index (κ3) is 2.98. The lowest BCUT2D eigenvalue weighted by molar-refractivity contribution is 0.415. The van der Waals surface area contributed by atoms with Crippen LogP contribution >= 0.6 is 0 Å². The van der Waals surface area contributed by atoms with E-state index >= 15 is 0 Å². The van der Waals surface area contributed by atoms with Crippen molar-refractivity contribution in [2.24, 2.45) is 5.92 Å². The van der Waals surface area contributed by atoms with Gasteiger partial charge in [0.05, 0.1) is 6.54 Å². The summed E-state index contributed by atoms with van der Waals surface area (Å²) in [7, 11) is 0. The monoisotopic (exact) mass is 216 g/mol. The molecule has 0 aromatic carbocycles. The van der Waals surface area contributed by atoms with Gasteiger partial charge in [0.2, 0.25) is 5.76 Å². The highest BCUT2D eigenvalue weighted by atomic mass is 16.3. The second-order valence-corrected chi connectivity index (χ2v) is 4.16. The van der Waals surface area contributed by atoms with Crippen LogP contribution in [0.5, 0.6) is 0 Å². The normalized spacial score (nSPS) is 19.6. The highest BCUT2D eigenvalue weighted by Gasteiger charge is 2.09. The van der Waals surface area contributed by atoms with Gasteiger partial charge in [-0.25, -0.2) is 0 Å². The molecule has 0 amide bonds. The van der Waals surface area contributed by atoms with Crippen LogP contribution in [0.2, 0.25) is 0 Å². The number of nitrogens with one attached hydrogen (secondary N) is 1. The molecular weight excluding hydrogens is 200 g/mol. The Morgan fingerprint density at radius 3 is 3.06 bits per heavy atom. The van der Waals surface area contributed by atoms with Crippen molar-refractivity contribution in [2.75, 3.05) is 6.54 Å². The van der Waals surface area contributed by atoms with E-state index in [2.05, 4.69) is 17.5 Å². The molecule has 0 aliphatic heterocycles. The molecule has 1 N–H and O–H groups in total. The van der Waals surface area contributed by atoms with Crippen molar-refractivity contribution in [1.29, 1.82) is 5.26 Å². The number of hydrogen-bond acceptors (Lipinski definition) is 3. The number of nitrogens with zero attached hydrogens (tertiary/aromatic N) is 1. The summed E-state index contributed by atoms with van der Waals surface area (Å²) in [5, 5.41) is 12.0. The molecule has 0 fully saturated rings. The van der Waals surface area contributed by atoms with Crippen molar-refractivity contribution in [3.05, 3.63) is 35.8 Å². The Morgan fingerprint density at radius 1 is 1.44 bits per heavy atom. The lowest BCUT2D eigenvalue weighted by Crippen LogP contribution is -2.22. The molecule has 0 radical (unpaired) electrons. The van der Waals surface area contributed by atoms with Crippen molar-refractivity contribution >= 4 is 0 Å². The van der Waals surface area contributed by atoms with Gasteiger partial charge in [-0.1, -0.05) is 12.2 Å². The van der Waals surface area contributed by atoms with Crippen molar-refractivity contribution in [3.63, 3.8) is 0 Å². The minimum atomic E-state index is 0.386. The van der Waals surface area contributed by atoms with Crippen molar-refractivity contribution < 1.29 is 4.42 Å². The quantitative estimate of drug-likeness (QED) is 0.787. The maximum atomic E-state index is 8.61. The molecule has 0 bridgehead atoms. The number of rotatable bonds is 4. The van der Waals surface area contributed by atoms with Gasteiger partial charge in [0, 0.05) is 0 Å². The highest BCUT2D eigenvalue weighted by molar-refractivity contribution is 5.18. The molecule has 1 heterocycles. The van der Waals surface area contributed by atoms with E-state index in [-0.39, 0.29) is 0 Å². The molecule has 3 heteroatoms. The van der Waals surface area contributed by atoms with E-state index in [1.807, 2.05) is 12.1 Å². The maximum absolute atomic E-state index is 8.61. The number of hydrogen-bond donors (Lipinski definition) is 1. The fourth-order valence-corrected chi connectivity index (χ4v) is 1.97. The highest BCUT2D eigenvalue weighted by Crippen LogP contribution is 2.17. The molecule has 1 atom stereocenters. The number of furan rings is 1. The van der Waals surface area contributed by atoms with E-state index in [0.717, 1.165) is 18.2 Å². The molecule has 1 aromatic rings. The fraction of sp³-hybridized carbons (Fsp3) is 0.462. The van der Waals surface area contributed by atoms with Crippen LogP contribution in [0.15, 0.2) is 28.7 Å². The van der Waals surface area contributed by atoms with Crippen LogP contribution in [-0.4, -0.2) is 6.54 Å². The predicted octanol–water partition coefficient (Wildman–Crippen LogP) is 2.60. The van der Waals surface area contributed by atoms with Gasteiger partial charge in [-0.15, -0.1) is 0 Å². The Morgan fingerprint density at radius 2 is 2.38 bits per heavy atom. The zero-order chi connectivity index (χ0) is 11.2. The van der Waals surface area contributed by atoms with E-state index in [9.17, 15) is 0 Å². The zero-order valence-electron chi connectivity index (χ0n) is 9.28. The molecule has 1 unspecified atom stereocenters. The van der Waals surface area contributed by atoms with Gasteiger partial charge in [-0.05, 0) is 43.9 Å².